The van der Waals surface area contributed by atoms with E-state index in [9.17, 15) is 14.9 Å². The van der Waals surface area contributed by atoms with Gasteiger partial charge in [0.1, 0.15) is 0 Å². The van der Waals surface area contributed by atoms with Gasteiger partial charge in [0, 0.05) is 36.6 Å². The standard InChI is InChI=1S/C13H14N4O4/c1-9-2-3-10(6-12(9)17(20)21)14-4-5-16-7-11(13(18)19)15-8-16/h2-3,6-8,14H,4-5H2,1H3,(H,18,19). The van der Waals surface area contributed by atoms with Gasteiger partial charge in [-0.05, 0) is 13.0 Å². The van der Waals surface area contributed by atoms with E-state index in [0.717, 1.165) is 0 Å². The third kappa shape index (κ3) is 3.56. The molecule has 1 heterocycles. The lowest BCUT2D eigenvalue weighted by Crippen LogP contribution is -2.09. The highest BCUT2D eigenvalue weighted by atomic mass is 16.6. The fourth-order valence-electron chi connectivity index (χ4n) is 1.84. The van der Waals surface area contributed by atoms with E-state index in [1.165, 1.54) is 18.6 Å². The second-order valence-electron chi connectivity index (χ2n) is 4.49. The normalized spacial score (nSPS) is 10.3. The number of nitro groups is 1. The van der Waals surface area contributed by atoms with Crippen molar-refractivity contribution in [3.05, 3.63) is 52.1 Å². The predicted molar refractivity (Wildman–Crippen MR) is 75.5 cm³/mol. The number of hydrogen-bond donors (Lipinski definition) is 2. The molecule has 8 heteroatoms. The monoisotopic (exact) mass is 290 g/mol. The van der Waals surface area contributed by atoms with Crippen molar-refractivity contribution in [3.63, 3.8) is 0 Å². The summed E-state index contributed by atoms with van der Waals surface area (Å²) in [5, 5.41) is 22.7. The molecule has 0 aliphatic rings. The maximum Gasteiger partial charge on any atom is 0.356 e. The van der Waals surface area contributed by atoms with Crippen molar-refractivity contribution in [1.29, 1.82) is 0 Å². The Bertz CT molecular complexity index is 681. The van der Waals surface area contributed by atoms with Gasteiger partial charge in [0.25, 0.3) is 5.69 Å². The van der Waals surface area contributed by atoms with Gasteiger partial charge >= 0.3 is 5.97 Å². The maximum atomic E-state index is 10.8. The zero-order valence-corrected chi connectivity index (χ0v) is 11.3. The number of carboxylic acids is 1. The van der Waals surface area contributed by atoms with Crippen LogP contribution in [-0.4, -0.2) is 32.1 Å². The minimum atomic E-state index is -1.07. The summed E-state index contributed by atoms with van der Waals surface area (Å²) in [6.45, 7) is 2.68. The van der Waals surface area contributed by atoms with Crippen LogP contribution in [0.3, 0.4) is 0 Å². The van der Waals surface area contributed by atoms with Gasteiger partial charge in [-0.2, -0.15) is 0 Å². The second-order valence-corrected chi connectivity index (χ2v) is 4.49. The Balaban J connectivity index is 1.95. The number of imidazole rings is 1. The minimum absolute atomic E-state index is 0.0130. The van der Waals surface area contributed by atoms with Crippen molar-refractivity contribution in [2.45, 2.75) is 13.5 Å². The molecule has 0 amide bonds. The Morgan fingerprint density at radius 1 is 1.52 bits per heavy atom. The fraction of sp³-hybridized carbons (Fsp3) is 0.231. The van der Waals surface area contributed by atoms with Gasteiger partial charge in [0.05, 0.1) is 11.3 Å². The zero-order valence-electron chi connectivity index (χ0n) is 11.3. The molecule has 8 nitrogen and oxygen atoms in total. The van der Waals surface area contributed by atoms with Gasteiger partial charge in [0.2, 0.25) is 0 Å². The number of aromatic carboxylic acids is 1. The van der Waals surface area contributed by atoms with Crippen molar-refractivity contribution in [2.24, 2.45) is 0 Å². The first kappa shape index (κ1) is 14.5. The van der Waals surface area contributed by atoms with Crippen LogP contribution in [0.15, 0.2) is 30.7 Å². The van der Waals surface area contributed by atoms with Crippen LogP contribution < -0.4 is 5.32 Å². The van der Waals surface area contributed by atoms with Gasteiger partial charge in [-0.25, -0.2) is 9.78 Å². The number of aryl methyl sites for hydroxylation is 1. The third-order valence-corrected chi connectivity index (χ3v) is 2.96. The molecule has 0 aliphatic carbocycles. The number of hydrogen-bond acceptors (Lipinski definition) is 5. The van der Waals surface area contributed by atoms with Crippen molar-refractivity contribution in [1.82, 2.24) is 9.55 Å². The lowest BCUT2D eigenvalue weighted by molar-refractivity contribution is -0.385. The summed E-state index contributed by atoms with van der Waals surface area (Å²) < 4.78 is 1.64. The Labute approximate surface area is 120 Å². The van der Waals surface area contributed by atoms with Crippen LogP contribution in [0.5, 0.6) is 0 Å². The van der Waals surface area contributed by atoms with E-state index in [4.69, 9.17) is 5.11 Å². The van der Waals surface area contributed by atoms with Crippen LogP contribution in [0.4, 0.5) is 11.4 Å². The summed E-state index contributed by atoms with van der Waals surface area (Å²) in [4.78, 5) is 24.8. The van der Waals surface area contributed by atoms with Gasteiger partial charge < -0.3 is 15.0 Å². The number of benzene rings is 1. The molecule has 110 valence electrons. The maximum absolute atomic E-state index is 10.8. The molecular weight excluding hydrogens is 276 g/mol. The smallest absolute Gasteiger partial charge is 0.356 e. The van der Waals surface area contributed by atoms with E-state index >= 15 is 0 Å². The number of carbonyl (C=O) groups is 1. The molecule has 21 heavy (non-hydrogen) atoms. The summed E-state index contributed by atoms with van der Waals surface area (Å²) >= 11 is 0. The van der Waals surface area contributed by atoms with Gasteiger partial charge in [-0.3, -0.25) is 10.1 Å². The van der Waals surface area contributed by atoms with Crippen molar-refractivity contribution < 1.29 is 14.8 Å². The molecule has 2 aromatic rings. The SMILES string of the molecule is Cc1ccc(NCCn2cnc(C(=O)O)c2)cc1[N+](=O)[O-]. The molecule has 0 aliphatic heterocycles. The van der Waals surface area contributed by atoms with E-state index < -0.39 is 10.9 Å². The van der Waals surface area contributed by atoms with Crippen LogP contribution >= 0.6 is 0 Å². The van der Waals surface area contributed by atoms with E-state index in [1.807, 2.05) is 0 Å². The molecule has 0 unspecified atom stereocenters. The number of aromatic nitrogens is 2. The molecule has 2 rings (SSSR count). The van der Waals surface area contributed by atoms with E-state index in [0.29, 0.717) is 24.3 Å². The van der Waals surface area contributed by atoms with Crippen LogP contribution in [-0.2, 0) is 6.54 Å². The molecule has 0 saturated heterocycles. The van der Waals surface area contributed by atoms with Gasteiger partial charge in [-0.1, -0.05) is 6.07 Å². The lowest BCUT2D eigenvalue weighted by Gasteiger charge is -2.07. The largest absolute Gasteiger partial charge is 0.476 e. The van der Waals surface area contributed by atoms with Crippen LogP contribution in [0.2, 0.25) is 0 Å². The summed E-state index contributed by atoms with van der Waals surface area (Å²) in [7, 11) is 0. The fourth-order valence-corrected chi connectivity index (χ4v) is 1.84. The molecule has 1 aromatic heterocycles. The molecule has 0 bridgehead atoms. The first-order valence-corrected chi connectivity index (χ1v) is 6.21. The number of nitro benzene ring substituents is 1. The van der Waals surface area contributed by atoms with Crippen molar-refractivity contribution in [2.75, 3.05) is 11.9 Å². The van der Waals surface area contributed by atoms with Crippen LogP contribution in [0, 0.1) is 17.0 Å². The lowest BCUT2D eigenvalue weighted by atomic mass is 10.2. The summed E-state index contributed by atoms with van der Waals surface area (Å²) in [6.07, 6.45) is 2.87. The molecule has 1 aromatic carbocycles. The first-order valence-electron chi connectivity index (χ1n) is 6.21. The van der Waals surface area contributed by atoms with Crippen molar-refractivity contribution >= 4 is 17.3 Å². The molecule has 2 N–H and O–H groups in total. The Morgan fingerprint density at radius 2 is 2.29 bits per heavy atom. The molecule has 0 saturated carbocycles. The predicted octanol–water partition coefficient (Wildman–Crippen LogP) is 1.91. The highest BCUT2D eigenvalue weighted by molar-refractivity contribution is 5.84. The van der Waals surface area contributed by atoms with E-state index in [2.05, 4.69) is 10.3 Å². The highest BCUT2D eigenvalue weighted by Crippen LogP contribution is 2.22. The van der Waals surface area contributed by atoms with E-state index in [-0.39, 0.29) is 11.4 Å². The number of carboxylic acid groups (broad SMARTS) is 1. The summed E-state index contributed by atoms with van der Waals surface area (Å²) in [5.74, 6) is -1.07. The Morgan fingerprint density at radius 3 is 2.90 bits per heavy atom. The Hall–Kier alpha value is -2.90. The summed E-state index contributed by atoms with van der Waals surface area (Å²) in [6, 6.07) is 4.92. The topological polar surface area (TPSA) is 110 Å². The molecule has 0 atom stereocenters. The summed E-state index contributed by atoms with van der Waals surface area (Å²) in [5.41, 5.74) is 1.30. The zero-order chi connectivity index (χ0) is 15.4. The number of nitrogens with one attached hydrogen (secondary N) is 1. The molecular formula is C13H14N4O4. The van der Waals surface area contributed by atoms with Crippen LogP contribution in [0.25, 0.3) is 0 Å². The molecule has 0 radical (unpaired) electrons. The highest BCUT2D eigenvalue weighted by Gasteiger charge is 2.10. The van der Waals surface area contributed by atoms with Gasteiger partial charge in [-0.15, -0.1) is 0 Å². The van der Waals surface area contributed by atoms with Crippen molar-refractivity contribution in [3.8, 4) is 0 Å². The average Bonchev–Trinajstić information content (AvgIpc) is 2.89. The Kier molecular flexibility index (Phi) is 4.17. The number of anilines is 1. The quantitative estimate of drug-likeness (QED) is 0.621. The molecule has 0 spiro atoms. The van der Waals surface area contributed by atoms with Gasteiger partial charge in [0.15, 0.2) is 5.69 Å². The number of rotatable bonds is 6. The van der Waals surface area contributed by atoms with E-state index in [1.54, 1.807) is 23.6 Å². The third-order valence-electron chi connectivity index (χ3n) is 2.96. The number of nitrogens with zero attached hydrogens (tertiary/aromatic N) is 3. The molecule has 0 fully saturated rings. The van der Waals surface area contributed by atoms with Crippen LogP contribution in [0.1, 0.15) is 16.1 Å². The average molecular weight is 290 g/mol. The minimum Gasteiger partial charge on any atom is -0.476 e. The second kappa shape index (κ2) is 6.04. The first-order chi connectivity index (χ1) is 9.97.